The van der Waals surface area contributed by atoms with Crippen LogP contribution in [0.2, 0.25) is 17.6 Å². The van der Waals surface area contributed by atoms with Gasteiger partial charge in [0.25, 0.3) is 0 Å². The smallest absolute Gasteiger partial charge is 0.191 e. The van der Waals surface area contributed by atoms with Crippen LogP contribution in [0.5, 0.6) is 5.75 Å². The molecule has 1 aliphatic heterocycles. The van der Waals surface area contributed by atoms with Crippen LogP contribution in [0.15, 0.2) is 12.1 Å². The fraction of sp³-hybridized carbons (Fsp3) is 0.824. The second kappa shape index (κ2) is 17.7. The summed E-state index contributed by atoms with van der Waals surface area (Å²) in [5, 5.41) is 0. The van der Waals surface area contributed by atoms with Crippen molar-refractivity contribution < 1.29 is 13.5 Å². The van der Waals surface area contributed by atoms with E-state index < -0.39 is 20.4 Å². The van der Waals surface area contributed by atoms with Gasteiger partial charge in [0.2, 0.25) is 0 Å². The number of halogens is 2. The van der Waals surface area contributed by atoms with Gasteiger partial charge in [-0.15, -0.1) is 0 Å². The van der Waals surface area contributed by atoms with Gasteiger partial charge in [-0.2, -0.15) is 0 Å². The van der Waals surface area contributed by atoms with Crippen molar-refractivity contribution in [3.63, 3.8) is 0 Å². The summed E-state index contributed by atoms with van der Waals surface area (Å²) in [7, 11) is -0.729. The fourth-order valence-electron chi connectivity index (χ4n) is 7.31. The predicted octanol–water partition coefficient (Wildman–Crippen LogP) is 11.5. The molecule has 1 heterocycles. The molecule has 38 heavy (non-hydrogen) atoms. The Morgan fingerprint density at radius 3 is 1.92 bits per heavy atom. The van der Waals surface area contributed by atoms with Crippen molar-refractivity contribution >= 4 is 8.80 Å². The number of benzene rings is 1. The zero-order chi connectivity index (χ0) is 27.2. The van der Waals surface area contributed by atoms with Crippen molar-refractivity contribution in [2.45, 2.75) is 172 Å². The molecule has 0 unspecified atom stereocenters. The third-order valence-corrected chi connectivity index (χ3v) is 14.0. The number of hydrogen-bond donors (Lipinski definition) is 0. The minimum Gasteiger partial charge on any atom is -0.485 e. The van der Waals surface area contributed by atoms with E-state index in [4.69, 9.17) is 4.74 Å². The molecule has 0 spiro atoms. The molecule has 218 valence electrons. The molecular formula is C34H58F2OSi. The van der Waals surface area contributed by atoms with Gasteiger partial charge < -0.3 is 4.74 Å². The first kappa shape index (κ1) is 31.6. The molecule has 3 rings (SSSR count). The largest absolute Gasteiger partial charge is 0.485 e. The van der Waals surface area contributed by atoms with E-state index in [1.54, 1.807) is 12.1 Å². The van der Waals surface area contributed by atoms with E-state index >= 15 is 0 Å². The lowest BCUT2D eigenvalue weighted by molar-refractivity contribution is 0.188. The summed E-state index contributed by atoms with van der Waals surface area (Å²) in [5.41, 5.74) is 1.87. The summed E-state index contributed by atoms with van der Waals surface area (Å²) in [5.74, 6) is 0.104. The lowest BCUT2D eigenvalue weighted by Gasteiger charge is -2.37. The molecule has 1 aliphatic carbocycles. The molecule has 0 amide bonds. The van der Waals surface area contributed by atoms with Crippen molar-refractivity contribution in [2.75, 3.05) is 0 Å². The van der Waals surface area contributed by atoms with E-state index in [1.165, 1.54) is 102 Å². The highest BCUT2D eigenvalue weighted by Gasteiger charge is 2.32. The zero-order valence-corrected chi connectivity index (χ0v) is 26.2. The third-order valence-electron chi connectivity index (χ3n) is 9.82. The molecule has 2 fully saturated rings. The molecule has 0 radical (unpaired) electrons. The second-order valence-corrected chi connectivity index (χ2v) is 16.5. The van der Waals surface area contributed by atoms with Crippen molar-refractivity contribution in [2.24, 2.45) is 5.92 Å². The normalized spacial score (nSPS) is 24.9. The maximum Gasteiger partial charge on any atom is 0.191 e. The Bertz CT molecular complexity index is 745. The van der Waals surface area contributed by atoms with Crippen LogP contribution in [0.25, 0.3) is 0 Å². The first-order chi connectivity index (χ1) is 18.5. The van der Waals surface area contributed by atoms with Gasteiger partial charge in [0, 0.05) is 8.80 Å². The third kappa shape index (κ3) is 10.6. The molecule has 0 N–H and O–H groups in total. The van der Waals surface area contributed by atoms with E-state index in [9.17, 15) is 8.78 Å². The molecule has 1 nitrogen and oxygen atoms in total. The average Bonchev–Trinajstić information content (AvgIpc) is 2.93. The van der Waals surface area contributed by atoms with Gasteiger partial charge in [-0.25, -0.2) is 8.78 Å². The van der Waals surface area contributed by atoms with Gasteiger partial charge in [0.05, 0.1) is 6.10 Å². The quantitative estimate of drug-likeness (QED) is 0.139. The summed E-state index contributed by atoms with van der Waals surface area (Å²) in [6.45, 7) is 6.43. The lowest BCUT2D eigenvalue weighted by atomic mass is 9.85. The van der Waals surface area contributed by atoms with Gasteiger partial charge in [-0.05, 0) is 67.7 Å². The van der Waals surface area contributed by atoms with Crippen LogP contribution >= 0.6 is 0 Å². The average molecular weight is 549 g/mol. The van der Waals surface area contributed by atoms with Crippen molar-refractivity contribution in [1.82, 2.24) is 0 Å². The lowest BCUT2D eigenvalue weighted by Crippen LogP contribution is -2.29. The van der Waals surface area contributed by atoms with Crippen LogP contribution in [0, 0.1) is 17.6 Å². The van der Waals surface area contributed by atoms with Crippen molar-refractivity contribution in [3.05, 3.63) is 29.3 Å². The SMILES string of the molecule is CCCCCCCC[C@H]1CC[C@H]([SiH]2CCC(c3cc(F)c(O[C@@H](C)CCCCCCC)c(F)c3)CC2)CC1. The molecule has 1 aromatic rings. The first-order valence-electron chi connectivity index (χ1n) is 16.7. The Kier molecular flexibility index (Phi) is 14.7. The van der Waals surface area contributed by atoms with Gasteiger partial charge in [0.15, 0.2) is 17.4 Å². The van der Waals surface area contributed by atoms with E-state index in [1.807, 2.05) is 6.92 Å². The Balaban J connectivity index is 1.37. The van der Waals surface area contributed by atoms with Crippen LogP contribution in [-0.2, 0) is 0 Å². The fourth-order valence-corrected chi connectivity index (χ4v) is 11.5. The first-order valence-corrected chi connectivity index (χ1v) is 19.0. The molecule has 4 heteroatoms. The second-order valence-electron chi connectivity index (χ2n) is 12.9. The predicted molar refractivity (Wildman–Crippen MR) is 162 cm³/mol. The highest BCUT2D eigenvalue weighted by atomic mass is 28.3. The Hall–Kier alpha value is -0.903. The zero-order valence-electron chi connectivity index (χ0n) is 25.1. The summed E-state index contributed by atoms with van der Waals surface area (Å²) in [6.07, 6.45) is 24.6. The minimum absolute atomic E-state index is 0.159. The van der Waals surface area contributed by atoms with E-state index in [0.29, 0.717) is 5.92 Å². The molecule has 1 saturated heterocycles. The Labute approximate surface area is 235 Å². The molecule has 0 aromatic heterocycles. The highest BCUT2D eigenvalue weighted by Crippen LogP contribution is 2.44. The molecule has 1 atom stereocenters. The highest BCUT2D eigenvalue weighted by molar-refractivity contribution is 6.60. The molecular weight excluding hydrogens is 490 g/mol. The van der Waals surface area contributed by atoms with E-state index in [0.717, 1.165) is 49.1 Å². The summed E-state index contributed by atoms with van der Waals surface area (Å²) >= 11 is 0. The van der Waals surface area contributed by atoms with Crippen molar-refractivity contribution in [3.8, 4) is 5.75 Å². The Morgan fingerprint density at radius 1 is 0.763 bits per heavy atom. The molecule has 1 aromatic carbocycles. The van der Waals surface area contributed by atoms with Gasteiger partial charge in [-0.3, -0.25) is 0 Å². The maximum absolute atomic E-state index is 14.9. The summed E-state index contributed by atoms with van der Waals surface area (Å²) in [6, 6.07) is 5.86. The van der Waals surface area contributed by atoms with Gasteiger partial charge in [0.1, 0.15) is 0 Å². The number of ether oxygens (including phenoxy) is 1. The molecule has 2 aliphatic rings. The summed E-state index contributed by atoms with van der Waals surface area (Å²) in [4.78, 5) is 0. The molecule has 0 bridgehead atoms. The van der Waals surface area contributed by atoms with E-state index in [-0.39, 0.29) is 11.9 Å². The summed E-state index contributed by atoms with van der Waals surface area (Å²) < 4.78 is 35.6. The van der Waals surface area contributed by atoms with Crippen LogP contribution in [0.1, 0.15) is 154 Å². The maximum atomic E-state index is 14.9. The number of hydrogen-bond acceptors (Lipinski definition) is 1. The van der Waals surface area contributed by atoms with Crippen LogP contribution in [-0.4, -0.2) is 14.9 Å². The topological polar surface area (TPSA) is 9.23 Å². The van der Waals surface area contributed by atoms with Crippen LogP contribution < -0.4 is 4.74 Å². The van der Waals surface area contributed by atoms with Gasteiger partial charge in [-0.1, -0.05) is 122 Å². The van der Waals surface area contributed by atoms with Crippen LogP contribution in [0.4, 0.5) is 8.78 Å². The van der Waals surface area contributed by atoms with E-state index in [2.05, 4.69) is 13.8 Å². The monoisotopic (exact) mass is 548 g/mol. The molecule has 1 saturated carbocycles. The Morgan fingerprint density at radius 2 is 1.32 bits per heavy atom. The standard InChI is InChI=1S/C34H58F2OSi/c1-4-6-8-10-12-14-16-28-17-19-31(20-18-28)38-23-21-29(22-24-38)30-25-32(35)34(33(36)26-30)37-27(3)15-13-11-9-7-5-2/h25-29,31,38H,4-24H2,1-3H3/t27-,28-,29?,31-,38?/m0/s1. The minimum atomic E-state index is -0.729. The van der Waals surface area contributed by atoms with Crippen LogP contribution in [0.3, 0.4) is 0 Å². The van der Waals surface area contributed by atoms with Crippen molar-refractivity contribution in [1.29, 1.82) is 0 Å². The number of rotatable bonds is 17. The number of unbranched alkanes of at least 4 members (excludes halogenated alkanes) is 9. The van der Waals surface area contributed by atoms with Gasteiger partial charge >= 0.3 is 0 Å².